The predicted octanol–water partition coefficient (Wildman–Crippen LogP) is 3.96. The van der Waals surface area contributed by atoms with Crippen molar-refractivity contribution >= 4 is 27.5 Å². The molecule has 1 aromatic heterocycles. The third kappa shape index (κ3) is 3.62. The molecule has 0 radical (unpaired) electrons. The number of nitrogens with one attached hydrogen (secondary N) is 1. The molecule has 0 saturated heterocycles. The summed E-state index contributed by atoms with van der Waals surface area (Å²) in [5, 5.41) is 3.18. The molecule has 2 rings (SSSR count). The molecule has 0 saturated carbocycles. The SMILES string of the molecule is CCC(C)Nc1ccc(-c2cc(Br)ccc2F)nc1C(N)=O. The van der Waals surface area contributed by atoms with Gasteiger partial charge in [-0.15, -0.1) is 0 Å². The average molecular weight is 366 g/mol. The predicted molar refractivity (Wildman–Crippen MR) is 89.2 cm³/mol. The standard InChI is InChI=1S/C16H17BrFN3O/c1-3-9(2)20-14-7-6-13(21-15(14)16(19)22)11-8-10(17)4-5-12(11)18/h4-9,20H,3H2,1-2H3,(H2,19,22). The van der Waals surface area contributed by atoms with E-state index in [1.807, 2.05) is 13.8 Å². The van der Waals surface area contributed by atoms with Crippen LogP contribution in [0.2, 0.25) is 0 Å². The number of rotatable bonds is 5. The van der Waals surface area contributed by atoms with Crippen LogP contribution in [0.3, 0.4) is 0 Å². The molecule has 0 bridgehead atoms. The maximum atomic E-state index is 14.0. The minimum atomic E-state index is -0.650. The number of nitrogens with two attached hydrogens (primary N) is 1. The largest absolute Gasteiger partial charge is 0.381 e. The Hall–Kier alpha value is -1.95. The van der Waals surface area contributed by atoms with Crippen LogP contribution in [-0.2, 0) is 0 Å². The maximum absolute atomic E-state index is 14.0. The molecule has 116 valence electrons. The number of nitrogens with zero attached hydrogens (tertiary/aromatic N) is 1. The quantitative estimate of drug-likeness (QED) is 0.842. The highest BCUT2D eigenvalue weighted by Gasteiger charge is 2.15. The van der Waals surface area contributed by atoms with Gasteiger partial charge >= 0.3 is 0 Å². The first kappa shape index (κ1) is 16.4. The normalized spacial score (nSPS) is 12.0. The number of hydrogen-bond acceptors (Lipinski definition) is 3. The molecule has 1 atom stereocenters. The number of hydrogen-bond donors (Lipinski definition) is 2. The molecule has 22 heavy (non-hydrogen) atoms. The molecular weight excluding hydrogens is 349 g/mol. The van der Waals surface area contributed by atoms with Crippen molar-refractivity contribution in [3.63, 3.8) is 0 Å². The fourth-order valence-corrected chi connectivity index (χ4v) is 2.34. The van der Waals surface area contributed by atoms with Gasteiger partial charge in [0, 0.05) is 16.1 Å². The molecular formula is C16H17BrFN3O. The zero-order chi connectivity index (χ0) is 16.3. The Morgan fingerprint density at radius 1 is 1.41 bits per heavy atom. The summed E-state index contributed by atoms with van der Waals surface area (Å²) < 4.78 is 14.7. The van der Waals surface area contributed by atoms with E-state index < -0.39 is 11.7 Å². The van der Waals surface area contributed by atoms with Gasteiger partial charge in [-0.1, -0.05) is 22.9 Å². The number of carbonyl (C=O) groups excluding carboxylic acids is 1. The fourth-order valence-electron chi connectivity index (χ4n) is 1.97. The van der Waals surface area contributed by atoms with Crippen molar-refractivity contribution in [1.29, 1.82) is 0 Å². The molecule has 0 spiro atoms. The van der Waals surface area contributed by atoms with Gasteiger partial charge in [0.25, 0.3) is 5.91 Å². The third-order valence-electron chi connectivity index (χ3n) is 3.35. The molecule has 1 aromatic carbocycles. The molecule has 3 N–H and O–H groups in total. The maximum Gasteiger partial charge on any atom is 0.269 e. The summed E-state index contributed by atoms with van der Waals surface area (Å²) in [5.41, 5.74) is 6.74. The van der Waals surface area contributed by atoms with Crippen LogP contribution < -0.4 is 11.1 Å². The van der Waals surface area contributed by atoms with Crippen molar-refractivity contribution < 1.29 is 9.18 Å². The Balaban J connectivity index is 2.49. The van der Waals surface area contributed by atoms with Gasteiger partial charge in [-0.3, -0.25) is 4.79 Å². The van der Waals surface area contributed by atoms with Crippen LogP contribution in [0, 0.1) is 5.82 Å². The summed E-state index contributed by atoms with van der Waals surface area (Å²) in [5.74, 6) is -1.06. The van der Waals surface area contributed by atoms with Crippen LogP contribution in [-0.4, -0.2) is 16.9 Å². The number of carbonyl (C=O) groups is 1. The van der Waals surface area contributed by atoms with E-state index in [0.717, 1.165) is 10.9 Å². The van der Waals surface area contributed by atoms with Crippen molar-refractivity contribution in [1.82, 2.24) is 4.98 Å². The zero-order valence-corrected chi connectivity index (χ0v) is 13.9. The van der Waals surface area contributed by atoms with E-state index in [2.05, 4.69) is 26.2 Å². The summed E-state index contributed by atoms with van der Waals surface area (Å²) >= 11 is 3.30. The van der Waals surface area contributed by atoms with Crippen LogP contribution in [0.1, 0.15) is 30.8 Å². The second-order valence-corrected chi connectivity index (χ2v) is 5.95. The van der Waals surface area contributed by atoms with Crippen LogP contribution >= 0.6 is 15.9 Å². The zero-order valence-electron chi connectivity index (χ0n) is 12.4. The Labute approximate surface area is 137 Å². The van der Waals surface area contributed by atoms with E-state index in [1.165, 1.54) is 6.07 Å². The molecule has 1 heterocycles. The van der Waals surface area contributed by atoms with E-state index in [0.29, 0.717) is 16.9 Å². The van der Waals surface area contributed by atoms with Crippen LogP contribution in [0.25, 0.3) is 11.3 Å². The molecule has 0 fully saturated rings. The minimum Gasteiger partial charge on any atom is -0.381 e. The monoisotopic (exact) mass is 365 g/mol. The molecule has 1 unspecified atom stereocenters. The average Bonchev–Trinajstić information content (AvgIpc) is 2.49. The van der Waals surface area contributed by atoms with Crippen molar-refractivity contribution in [2.75, 3.05) is 5.32 Å². The van der Waals surface area contributed by atoms with E-state index >= 15 is 0 Å². The van der Waals surface area contributed by atoms with E-state index in [-0.39, 0.29) is 11.7 Å². The minimum absolute atomic E-state index is 0.108. The van der Waals surface area contributed by atoms with Crippen LogP contribution in [0.15, 0.2) is 34.8 Å². The second kappa shape index (κ2) is 6.87. The van der Waals surface area contributed by atoms with Crippen molar-refractivity contribution in [2.45, 2.75) is 26.3 Å². The van der Waals surface area contributed by atoms with E-state index in [4.69, 9.17) is 5.73 Å². The van der Waals surface area contributed by atoms with Crippen molar-refractivity contribution in [3.8, 4) is 11.3 Å². The second-order valence-electron chi connectivity index (χ2n) is 5.03. The first-order chi connectivity index (χ1) is 10.4. The van der Waals surface area contributed by atoms with Crippen molar-refractivity contribution in [3.05, 3.63) is 46.3 Å². The Morgan fingerprint density at radius 3 is 2.77 bits per heavy atom. The number of benzene rings is 1. The molecule has 1 amide bonds. The lowest BCUT2D eigenvalue weighted by Crippen LogP contribution is -2.20. The number of amides is 1. The molecule has 0 aliphatic rings. The molecule has 6 heteroatoms. The van der Waals surface area contributed by atoms with Gasteiger partial charge in [0.05, 0.1) is 11.4 Å². The first-order valence-corrected chi connectivity index (χ1v) is 7.74. The lowest BCUT2D eigenvalue weighted by molar-refractivity contribution is 0.0996. The van der Waals surface area contributed by atoms with Gasteiger partial charge < -0.3 is 11.1 Å². The third-order valence-corrected chi connectivity index (χ3v) is 3.84. The van der Waals surface area contributed by atoms with Crippen LogP contribution in [0.4, 0.5) is 10.1 Å². The highest BCUT2D eigenvalue weighted by atomic mass is 79.9. The number of halogens is 2. The number of aromatic nitrogens is 1. The summed E-state index contributed by atoms with van der Waals surface area (Å²) in [6, 6.07) is 8.11. The van der Waals surface area contributed by atoms with Gasteiger partial charge in [0.2, 0.25) is 0 Å². The Bertz CT molecular complexity index is 706. The topological polar surface area (TPSA) is 68.0 Å². The lowest BCUT2D eigenvalue weighted by atomic mass is 10.1. The Kier molecular flexibility index (Phi) is 5.13. The molecule has 2 aromatic rings. The molecule has 4 nitrogen and oxygen atoms in total. The number of anilines is 1. The van der Waals surface area contributed by atoms with E-state index in [1.54, 1.807) is 24.3 Å². The summed E-state index contributed by atoms with van der Waals surface area (Å²) in [6.07, 6.45) is 0.889. The molecule has 0 aliphatic heterocycles. The first-order valence-electron chi connectivity index (χ1n) is 6.95. The summed E-state index contributed by atoms with van der Waals surface area (Å²) in [7, 11) is 0. The van der Waals surface area contributed by atoms with Gasteiger partial charge in [0.15, 0.2) is 5.69 Å². The van der Waals surface area contributed by atoms with Gasteiger partial charge in [0.1, 0.15) is 5.82 Å². The van der Waals surface area contributed by atoms with Gasteiger partial charge in [-0.2, -0.15) is 0 Å². The number of primary amides is 1. The van der Waals surface area contributed by atoms with Crippen molar-refractivity contribution in [2.24, 2.45) is 5.73 Å². The summed E-state index contributed by atoms with van der Waals surface area (Å²) in [4.78, 5) is 15.9. The Morgan fingerprint density at radius 2 is 2.14 bits per heavy atom. The fraction of sp³-hybridized carbons (Fsp3) is 0.250. The smallest absolute Gasteiger partial charge is 0.269 e. The van der Waals surface area contributed by atoms with Gasteiger partial charge in [-0.05, 0) is 43.7 Å². The highest BCUT2D eigenvalue weighted by molar-refractivity contribution is 9.10. The molecule has 0 aliphatic carbocycles. The highest BCUT2D eigenvalue weighted by Crippen LogP contribution is 2.27. The van der Waals surface area contributed by atoms with Gasteiger partial charge in [-0.25, -0.2) is 9.37 Å². The lowest BCUT2D eigenvalue weighted by Gasteiger charge is -2.16. The van der Waals surface area contributed by atoms with E-state index in [9.17, 15) is 9.18 Å². The van der Waals surface area contributed by atoms with Crippen LogP contribution in [0.5, 0.6) is 0 Å². The number of pyridine rings is 1. The summed E-state index contributed by atoms with van der Waals surface area (Å²) in [6.45, 7) is 4.02.